The molecule has 1 heterocycles. The summed E-state index contributed by atoms with van der Waals surface area (Å²) < 4.78 is 2.01. The lowest BCUT2D eigenvalue weighted by atomic mass is 9.59. The highest BCUT2D eigenvalue weighted by Crippen LogP contribution is 2.47. The third kappa shape index (κ3) is 1.06. The molecule has 1 fully saturated rings. The van der Waals surface area contributed by atoms with Crippen molar-refractivity contribution in [2.75, 3.05) is 0 Å². The molecule has 15 heavy (non-hydrogen) atoms. The highest BCUT2D eigenvalue weighted by atomic mass is 15.4. The lowest BCUT2D eigenvalue weighted by Crippen LogP contribution is -2.40. The van der Waals surface area contributed by atoms with E-state index in [0.717, 1.165) is 29.6 Å². The summed E-state index contributed by atoms with van der Waals surface area (Å²) >= 11 is 0. The molecule has 0 aliphatic heterocycles. The van der Waals surface area contributed by atoms with E-state index in [2.05, 4.69) is 43.2 Å². The Bertz CT molecular complexity index is 489. The number of aromatic nitrogens is 3. The van der Waals surface area contributed by atoms with Gasteiger partial charge in [0.25, 0.3) is 0 Å². The van der Waals surface area contributed by atoms with Crippen molar-refractivity contribution in [3.63, 3.8) is 0 Å². The predicted octanol–water partition coefficient (Wildman–Crippen LogP) is 0.391. The van der Waals surface area contributed by atoms with E-state index in [0.29, 0.717) is 5.92 Å². The monoisotopic (exact) mass is 203 g/mol. The molecule has 0 aromatic carbocycles. The van der Waals surface area contributed by atoms with Crippen molar-refractivity contribution in [1.29, 1.82) is 0 Å². The van der Waals surface area contributed by atoms with Crippen molar-refractivity contribution in [3.8, 4) is 0 Å². The summed E-state index contributed by atoms with van der Waals surface area (Å²) in [5.41, 5.74) is 0. The maximum absolute atomic E-state index is 4.26. The maximum Gasteiger partial charge on any atom is 0.109 e. The molecule has 1 aromatic rings. The molecule has 0 spiro atoms. The van der Waals surface area contributed by atoms with Crippen LogP contribution in [0.15, 0.2) is 0 Å². The predicted molar refractivity (Wildman–Crippen MR) is 59.2 cm³/mol. The van der Waals surface area contributed by atoms with Gasteiger partial charge in [0.2, 0.25) is 0 Å². The largest absolute Gasteiger partial charge is 0.245 e. The molecule has 4 rings (SSSR count). The van der Waals surface area contributed by atoms with Crippen LogP contribution in [0.4, 0.5) is 0 Å². The van der Waals surface area contributed by atoms with Gasteiger partial charge >= 0.3 is 0 Å². The standard InChI is InChI=1S/C12H17N3/c1-4-15-12-6-10-7(2)9(8(10)3)5-11(12)13-14-15/h5-10H,4H2,1-3H3. The van der Waals surface area contributed by atoms with E-state index in [1.54, 1.807) is 0 Å². The number of hydrogen-bond donors (Lipinski definition) is 0. The van der Waals surface area contributed by atoms with Gasteiger partial charge in [-0.05, 0) is 30.6 Å². The Morgan fingerprint density at radius 1 is 1.20 bits per heavy atom. The van der Waals surface area contributed by atoms with E-state index in [4.69, 9.17) is 0 Å². The Balaban J connectivity index is 2.24. The van der Waals surface area contributed by atoms with Crippen LogP contribution in [0, 0.1) is 23.7 Å². The van der Waals surface area contributed by atoms with Crippen LogP contribution in [0.5, 0.6) is 0 Å². The number of aryl methyl sites for hydroxylation is 1. The molecule has 1 saturated carbocycles. The second kappa shape index (κ2) is 2.94. The third-order valence-corrected chi connectivity index (χ3v) is 4.23. The molecule has 2 unspecified atom stereocenters. The Morgan fingerprint density at radius 2 is 1.87 bits per heavy atom. The molecule has 3 aliphatic carbocycles. The van der Waals surface area contributed by atoms with Crippen molar-refractivity contribution in [1.82, 2.24) is 15.0 Å². The molecule has 0 N–H and O–H groups in total. The van der Waals surface area contributed by atoms with E-state index in [9.17, 15) is 0 Å². The van der Waals surface area contributed by atoms with Crippen molar-refractivity contribution < 1.29 is 0 Å². The van der Waals surface area contributed by atoms with Crippen LogP contribution in [-0.2, 0) is 6.54 Å². The fourth-order valence-corrected chi connectivity index (χ4v) is 3.15. The number of nitrogens with zero attached hydrogens (tertiary/aromatic N) is 3. The molecule has 0 saturated heterocycles. The zero-order valence-corrected chi connectivity index (χ0v) is 9.51. The molecule has 2 atom stereocenters. The average Bonchev–Trinajstić information content (AvgIpc) is 2.50. The minimum atomic E-state index is 0.703. The van der Waals surface area contributed by atoms with Crippen molar-refractivity contribution in [2.24, 2.45) is 23.7 Å². The van der Waals surface area contributed by atoms with Crippen molar-refractivity contribution >= 4 is 12.2 Å². The van der Waals surface area contributed by atoms with Gasteiger partial charge in [-0.15, -0.1) is 5.10 Å². The van der Waals surface area contributed by atoms with Crippen LogP contribution < -0.4 is 10.7 Å². The fourth-order valence-electron chi connectivity index (χ4n) is 3.15. The van der Waals surface area contributed by atoms with Crippen LogP contribution in [0.1, 0.15) is 20.8 Å². The summed E-state index contributed by atoms with van der Waals surface area (Å²) in [5.74, 6) is 2.98. The maximum atomic E-state index is 4.26. The SMILES string of the molecule is CCn1nnc2c1=CC1C(C)C(C=2)C1C. The highest BCUT2D eigenvalue weighted by Gasteiger charge is 2.43. The first kappa shape index (κ1) is 9.13. The Labute approximate surface area is 89.5 Å². The smallest absolute Gasteiger partial charge is 0.109 e. The summed E-state index contributed by atoms with van der Waals surface area (Å²) in [4.78, 5) is 0. The van der Waals surface area contributed by atoms with Gasteiger partial charge in [-0.1, -0.05) is 31.2 Å². The second-order valence-electron chi connectivity index (χ2n) is 4.88. The quantitative estimate of drug-likeness (QED) is 0.661. The molecule has 0 radical (unpaired) electrons. The van der Waals surface area contributed by atoms with E-state index in [1.165, 1.54) is 5.35 Å². The first-order valence-corrected chi connectivity index (χ1v) is 5.85. The minimum Gasteiger partial charge on any atom is -0.245 e. The first-order chi connectivity index (χ1) is 7.22. The second-order valence-corrected chi connectivity index (χ2v) is 4.88. The van der Waals surface area contributed by atoms with Gasteiger partial charge in [-0.2, -0.15) is 0 Å². The molecule has 3 heteroatoms. The van der Waals surface area contributed by atoms with Crippen molar-refractivity contribution in [2.45, 2.75) is 27.3 Å². The molecular weight excluding hydrogens is 186 g/mol. The van der Waals surface area contributed by atoms with E-state index >= 15 is 0 Å². The van der Waals surface area contributed by atoms with Crippen LogP contribution in [0.25, 0.3) is 12.2 Å². The van der Waals surface area contributed by atoms with Gasteiger partial charge in [0.1, 0.15) is 5.35 Å². The van der Waals surface area contributed by atoms with Gasteiger partial charge in [-0.3, -0.25) is 0 Å². The lowest BCUT2D eigenvalue weighted by molar-refractivity contribution is 0.101. The summed E-state index contributed by atoms with van der Waals surface area (Å²) in [5, 5.41) is 10.8. The van der Waals surface area contributed by atoms with Gasteiger partial charge in [0.05, 0.1) is 5.35 Å². The zero-order valence-electron chi connectivity index (χ0n) is 9.51. The summed E-state index contributed by atoms with van der Waals surface area (Å²) in [6.45, 7) is 7.72. The Morgan fingerprint density at radius 3 is 2.53 bits per heavy atom. The normalized spacial score (nSPS) is 37.0. The molecule has 2 bridgehead atoms. The lowest BCUT2D eigenvalue weighted by Gasteiger charge is -2.45. The summed E-state index contributed by atoms with van der Waals surface area (Å²) in [7, 11) is 0. The van der Waals surface area contributed by atoms with Gasteiger partial charge in [0, 0.05) is 6.54 Å². The van der Waals surface area contributed by atoms with Crippen molar-refractivity contribution in [3.05, 3.63) is 10.7 Å². The number of hydrogen-bond acceptors (Lipinski definition) is 2. The Hall–Kier alpha value is -1.12. The molecule has 1 aromatic heterocycles. The number of rotatable bonds is 1. The van der Waals surface area contributed by atoms with Crippen LogP contribution >= 0.6 is 0 Å². The van der Waals surface area contributed by atoms with Crippen LogP contribution in [0.3, 0.4) is 0 Å². The summed E-state index contributed by atoms with van der Waals surface area (Å²) in [6, 6.07) is 0. The molecule has 80 valence electrons. The van der Waals surface area contributed by atoms with E-state index in [1.807, 2.05) is 4.68 Å². The summed E-state index contributed by atoms with van der Waals surface area (Å²) in [6.07, 6.45) is 4.71. The minimum absolute atomic E-state index is 0.703. The van der Waals surface area contributed by atoms with Crippen LogP contribution in [-0.4, -0.2) is 15.0 Å². The van der Waals surface area contributed by atoms with Crippen LogP contribution in [0.2, 0.25) is 0 Å². The molecule has 3 aliphatic rings. The fraction of sp³-hybridized carbons (Fsp3) is 0.667. The van der Waals surface area contributed by atoms with E-state index in [-0.39, 0.29) is 0 Å². The Kier molecular flexibility index (Phi) is 1.79. The zero-order chi connectivity index (χ0) is 10.6. The topological polar surface area (TPSA) is 30.7 Å². The molecule has 0 amide bonds. The first-order valence-electron chi connectivity index (χ1n) is 5.85. The van der Waals surface area contributed by atoms with Gasteiger partial charge < -0.3 is 0 Å². The molecular formula is C12H17N3. The highest BCUT2D eigenvalue weighted by molar-refractivity contribution is 5.42. The molecule has 3 nitrogen and oxygen atoms in total. The van der Waals surface area contributed by atoms with E-state index < -0.39 is 0 Å². The average molecular weight is 203 g/mol. The van der Waals surface area contributed by atoms with Gasteiger partial charge in [-0.25, -0.2) is 4.68 Å². The third-order valence-electron chi connectivity index (χ3n) is 4.23. The van der Waals surface area contributed by atoms with Gasteiger partial charge in [0.15, 0.2) is 0 Å².